The van der Waals surface area contributed by atoms with Crippen molar-refractivity contribution >= 4 is 11.8 Å². The number of rotatable bonds is 5. The van der Waals surface area contributed by atoms with Crippen molar-refractivity contribution in [1.82, 2.24) is 5.32 Å². The second kappa shape index (κ2) is 7.33. The smallest absolute Gasteiger partial charge is 0.255 e. The first-order valence-corrected chi connectivity index (χ1v) is 6.95. The Morgan fingerprint density at radius 1 is 1.17 bits per heavy atom. The highest BCUT2D eigenvalue weighted by atomic mass is 19.2. The number of nitrogens with two attached hydrogens (primary N) is 1. The van der Waals surface area contributed by atoms with E-state index in [-0.39, 0.29) is 6.42 Å². The van der Waals surface area contributed by atoms with Gasteiger partial charge in [0.2, 0.25) is 5.91 Å². The minimum atomic E-state index is -1.29. The maximum Gasteiger partial charge on any atom is 0.255 e. The van der Waals surface area contributed by atoms with Crippen LogP contribution in [0.25, 0.3) is 0 Å². The van der Waals surface area contributed by atoms with Crippen molar-refractivity contribution in [3.8, 4) is 6.07 Å². The zero-order valence-corrected chi connectivity index (χ0v) is 12.4. The molecular weight excluding hydrogens is 316 g/mol. The molecule has 0 radical (unpaired) electrons. The van der Waals surface area contributed by atoms with Crippen LogP contribution >= 0.6 is 0 Å². The Morgan fingerprint density at radius 2 is 1.83 bits per heavy atom. The van der Waals surface area contributed by atoms with Crippen LogP contribution in [0.5, 0.6) is 0 Å². The van der Waals surface area contributed by atoms with Gasteiger partial charge in [-0.1, -0.05) is 18.2 Å². The maximum atomic E-state index is 13.6. The fourth-order valence-electron chi connectivity index (χ4n) is 2.09. The number of nitrogens with one attached hydrogen (secondary N) is 1. The van der Waals surface area contributed by atoms with Crippen molar-refractivity contribution in [2.75, 3.05) is 0 Å². The molecule has 3 N–H and O–H groups in total. The van der Waals surface area contributed by atoms with E-state index < -0.39 is 35.1 Å². The lowest BCUT2D eigenvalue weighted by atomic mass is 10.0. The molecule has 1 atom stereocenters. The van der Waals surface area contributed by atoms with E-state index in [1.807, 2.05) is 6.07 Å². The van der Waals surface area contributed by atoms with Crippen molar-refractivity contribution in [2.24, 2.45) is 5.73 Å². The average Bonchev–Trinajstić information content (AvgIpc) is 2.57. The molecule has 0 unspecified atom stereocenters. The first-order valence-electron chi connectivity index (χ1n) is 6.95. The Bertz CT molecular complexity index is 814. The van der Waals surface area contributed by atoms with Gasteiger partial charge in [0.1, 0.15) is 6.04 Å². The molecule has 2 rings (SSSR count). The molecule has 2 aromatic rings. The number of primary amides is 1. The summed E-state index contributed by atoms with van der Waals surface area (Å²) < 4.78 is 26.8. The number of carbonyl (C=O) groups excluding carboxylic acids is 2. The average molecular weight is 329 g/mol. The first-order chi connectivity index (χ1) is 11.4. The lowest BCUT2D eigenvalue weighted by molar-refractivity contribution is -0.119. The Morgan fingerprint density at radius 3 is 2.42 bits per heavy atom. The van der Waals surface area contributed by atoms with E-state index in [4.69, 9.17) is 11.0 Å². The van der Waals surface area contributed by atoms with E-state index in [9.17, 15) is 18.4 Å². The highest BCUT2D eigenvalue weighted by molar-refractivity contribution is 5.97. The largest absolute Gasteiger partial charge is 0.368 e. The summed E-state index contributed by atoms with van der Waals surface area (Å²) >= 11 is 0. The van der Waals surface area contributed by atoms with E-state index in [1.54, 1.807) is 24.3 Å². The molecule has 0 aliphatic rings. The number of halogens is 2. The second-order valence-corrected chi connectivity index (χ2v) is 5.04. The molecule has 2 amide bonds. The molecular formula is C17H13F2N3O2. The quantitative estimate of drug-likeness (QED) is 0.873. The minimum absolute atomic E-state index is 0.0592. The molecule has 0 fully saturated rings. The number of hydrogen-bond donors (Lipinski definition) is 2. The van der Waals surface area contributed by atoms with Crippen molar-refractivity contribution < 1.29 is 18.4 Å². The number of carbonyl (C=O) groups is 2. The molecule has 2 aromatic carbocycles. The van der Waals surface area contributed by atoms with Crippen LogP contribution in [-0.4, -0.2) is 17.9 Å². The van der Waals surface area contributed by atoms with E-state index in [2.05, 4.69) is 5.32 Å². The lowest BCUT2D eigenvalue weighted by Gasteiger charge is -2.16. The molecule has 0 aliphatic carbocycles. The van der Waals surface area contributed by atoms with Crippen LogP contribution in [0.3, 0.4) is 0 Å². The molecule has 0 spiro atoms. The summed E-state index contributed by atoms with van der Waals surface area (Å²) in [5, 5.41) is 11.0. The van der Waals surface area contributed by atoms with Crippen LogP contribution < -0.4 is 11.1 Å². The molecule has 0 aliphatic heterocycles. The highest BCUT2D eigenvalue weighted by Gasteiger charge is 2.22. The summed E-state index contributed by atoms with van der Waals surface area (Å²) in [6.07, 6.45) is 0.0592. The van der Waals surface area contributed by atoms with E-state index in [0.717, 1.165) is 12.1 Å². The van der Waals surface area contributed by atoms with Gasteiger partial charge in [0, 0.05) is 6.42 Å². The van der Waals surface area contributed by atoms with Gasteiger partial charge >= 0.3 is 0 Å². The molecule has 7 heteroatoms. The summed E-state index contributed by atoms with van der Waals surface area (Å²) in [5.41, 5.74) is 5.84. The molecule has 122 valence electrons. The standard InChI is InChI=1S/C17H13F2N3O2/c18-13-3-1-2-12(15(13)19)17(24)22-14(16(21)23)8-10-4-6-11(9-20)7-5-10/h1-7,14H,8H2,(H2,21,23)(H,22,24)/t14-/m1/s1. The SMILES string of the molecule is N#Cc1ccc(C[C@@H](NC(=O)c2cccc(F)c2F)C(N)=O)cc1. The molecule has 24 heavy (non-hydrogen) atoms. The highest BCUT2D eigenvalue weighted by Crippen LogP contribution is 2.12. The monoisotopic (exact) mass is 329 g/mol. The normalized spacial score (nSPS) is 11.4. The third-order valence-corrected chi connectivity index (χ3v) is 3.37. The van der Waals surface area contributed by atoms with E-state index in [0.29, 0.717) is 11.1 Å². The first kappa shape index (κ1) is 17.1. The van der Waals surface area contributed by atoms with Gasteiger partial charge in [-0.15, -0.1) is 0 Å². The second-order valence-electron chi connectivity index (χ2n) is 5.04. The number of nitriles is 1. The Kier molecular flexibility index (Phi) is 5.22. The summed E-state index contributed by atoms with van der Waals surface area (Å²) in [7, 11) is 0. The van der Waals surface area contributed by atoms with Crippen LogP contribution in [0.4, 0.5) is 8.78 Å². The van der Waals surface area contributed by atoms with E-state index in [1.165, 1.54) is 6.07 Å². The van der Waals surface area contributed by atoms with Crippen LogP contribution in [0.15, 0.2) is 42.5 Å². The van der Waals surface area contributed by atoms with Gasteiger partial charge < -0.3 is 11.1 Å². The predicted molar refractivity (Wildman–Crippen MR) is 81.7 cm³/mol. The van der Waals surface area contributed by atoms with Gasteiger partial charge in [-0.2, -0.15) is 5.26 Å². The fraction of sp³-hybridized carbons (Fsp3) is 0.118. The van der Waals surface area contributed by atoms with Crippen molar-refractivity contribution in [2.45, 2.75) is 12.5 Å². The number of hydrogen-bond acceptors (Lipinski definition) is 3. The topological polar surface area (TPSA) is 96.0 Å². The van der Waals surface area contributed by atoms with Gasteiger partial charge in [0.15, 0.2) is 11.6 Å². The number of amides is 2. The Hall–Kier alpha value is -3.27. The zero-order valence-electron chi connectivity index (χ0n) is 12.4. The summed E-state index contributed by atoms with van der Waals surface area (Å²) in [6, 6.07) is 10.4. The van der Waals surface area contributed by atoms with Gasteiger partial charge in [0.05, 0.1) is 17.2 Å². The lowest BCUT2D eigenvalue weighted by Crippen LogP contribution is -2.46. The summed E-state index contributed by atoms with van der Waals surface area (Å²) in [5.74, 6) is -4.21. The predicted octanol–water partition coefficient (Wildman–Crippen LogP) is 1.66. The van der Waals surface area contributed by atoms with Gasteiger partial charge in [-0.05, 0) is 29.8 Å². The molecule has 0 heterocycles. The maximum absolute atomic E-state index is 13.6. The summed E-state index contributed by atoms with van der Waals surface area (Å²) in [6.45, 7) is 0. The van der Waals surface area contributed by atoms with E-state index >= 15 is 0 Å². The van der Waals surface area contributed by atoms with Crippen molar-refractivity contribution in [3.05, 3.63) is 70.8 Å². The zero-order chi connectivity index (χ0) is 17.7. The molecule has 0 saturated carbocycles. The Balaban J connectivity index is 2.16. The van der Waals surface area contributed by atoms with Crippen molar-refractivity contribution in [1.29, 1.82) is 5.26 Å². The van der Waals surface area contributed by atoms with Crippen LogP contribution in [-0.2, 0) is 11.2 Å². The number of nitrogens with zero attached hydrogens (tertiary/aromatic N) is 1. The van der Waals surface area contributed by atoms with Crippen LogP contribution in [0.2, 0.25) is 0 Å². The Labute approximate surface area is 136 Å². The van der Waals surface area contributed by atoms with Gasteiger partial charge in [-0.25, -0.2) is 8.78 Å². The molecule has 0 bridgehead atoms. The molecule has 0 saturated heterocycles. The minimum Gasteiger partial charge on any atom is -0.368 e. The third-order valence-electron chi connectivity index (χ3n) is 3.37. The van der Waals surface area contributed by atoms with Gasteiger partial charge in [-0.3, -0.25) is 9.59 Å². The third kappa shape index (κ3) is 3.93. The summed E-state index contributed by atoms with van der Waals surface area (Å²) in [4.78, 5) is 23.6. The van der Waals surface area contributed by atoms with Crippen LogP contribution in [0, 0.1) is 23.0 Å². The number of benzene rings is 2. The van der Waals surface area contributed by atoms with Crippen LogP contribution in [0.1, 0.15) is 21.5 Å². The molecule has 0 aromatic heterocycles. The van der Waals surface area contributed by atoms with Crippen molar-refractivity contribution in [3.63, 3.8) is 0 Å². The molecule has 5 nitrogen and oxygen atoms in total. The van der Waals surface area contributed by atoms with Gasteiger partial charge in [0.25, 0.3) is 5.91 Å². The fourth-order valence-corrected chi connectivity index (χ4v) is 2.09.